The minimum absolute atomic E-state index is 0.924. The van der Waals surface area contributed by atoms with Crippen LogP contribution in [0.2, 0.25) is 0 Å². The first-order chi connectivity index (χ1) is 10.9. The lowest BCUT2D eigenvalue weighted by Gasteiger charge is -2.08. The van der Waals surface area contributed by atoms with E-state index in [0.29, 0.717) is 0 Å². The molecule has 1 aliphatic carbocycles. The summed E-state index contributed by atoms with van der Waals surface area (Å²) in [4.78, 5) is 1.46. The Balaban J connectivity index is 1.92. The molecule has 3 heteroatoms. The molecule has 0 saturated carbocycles. The van der Waals surface area contributed by atoms with Crippen LogP contribution in [-0.2, 0) is 12.8 Å². The van der Waals surface area contributed by atoms with Crippen molar-refractivity contribution in [2.45, 2.75) is 64.2 Å². The van der Waals surface area contributed by atoms with E-state index in [9.17, 15) is 5.26 Å². The maximum Gasteiger partial charge on any atom is 0.118 e. The van der Waals surface area contributed by atoms with E-state index in [1.165, 1.54) is 61.8 Å². The second kappa shape index (κ2) is 7.65. The number of aryl methyl sites for hydroxylation is 1. The molecule has 0 atom stereocenters. The lowest BCUT2D eigenvalue weighted by atomic mass is 9.98. The summed E-state index contributed by atoms with van der Waals surface area (Å²) >= 11 is 1.84. The minimum Gasteiger partial charge on any atom is -0.314 e. The van der Waals surface area contributed by atoms with Gasteiger partial charge in [0.2, 0.25) is 0 Å². The number of thiophene rings is 1. The Morgan fingerprint density at radius 2 is 1.45 bits per heavy atom. The highest BCUT2D eigenvalue weighted by Crippen LogP contribution is 2.34. The minimum atomic E-state index is 0.924. The van der Waals surface area contributed by atoms with Crippen LogP contribution in [0.3, 0.4) is 0 Å². The third kappa shape index (κ3) is 3.44. The maximum atomic E-state index is 9.69. The fourth-order valence-electron chi connectivity index (χ4n) is 3.38. The van der Waals surface area contributed by atoms with E-state index in [-0.39, 0.29) is 0 Å². The van der Waals surface area contributed by atoms with Crippen molar-refractivity contribution in [2.75, 3.05) is 0 Å². The third-order valence-corrected chi connectivity index (χ3v) is 5.91. The van der Waals surface area contributed by atoms with Gasteiger partial charge in [-0.15, -0.1) is 11.3 Å². The van der Waals surface area contributed by atoms with Crippen molar-refractivity contribution in [3.63, 3.8) is 0 Å². The molecule has 0 aromatic carbocycles. The van der Waals surface area contributed by atoms with Crippen LogP contribution in [0.25, 0.3) is 5.00 Å². The molecule has 0 bridgehead atoms. The normalized spacial score (nSPS) is 17.0. The third-order valence-electron chi connectivity index (χ3n) is 4.60. The van der Waals surface area contributed by atoms with Crippen LogP contribution >= 0.6 is 11.3 Å². The zero-order chi connectivity index (χ0) is 15.2. The van der Waals surface area contributed by atoms with Gasteiger partial charge in [-0.2, -0.15) is 5.26 Å². The van der Waals surface area contributed by atoms with E-state index < -0.39 is 0 Å². The average molecular weight is 312 g/mol. The molecular weight excluding hydrogens is 288 g/mol. The second-order valence-electron chi connectivity index (χ2n) is 6.21. The lowest BCUT2D eigenvalue weighted by Crippen LogP contribution is -1.96. The second-order valence-corrected chi connectivity index (χ2v) is 7.30. The van der Waals surface area contributed by atoms with Gasteiger partial charge in [-0.3, -0.25) is 0 Å². The van der Waals surface area contributed by atoms with E-state index in [4.69, 9.17) is 0 Å². The lowest BCUT2D eigenvalue weighted by molar-refractivity contribution is 0.561. The van der Waals surface area contributed by atoms with Crippen LogP contribution in [-0.4, -0.2) is 4.57 Å². The molecule has 0 fully saturated rings. The standard InChI is InChI=1S/C19H24N2S/c20-15-17-16-11-7-5-3-1-2-4-6-8-12-18(16)22-19(17)21-13-9-10-14-21/h9-10,13-14H,1-8,11-12H2. The summed E-state index contributed by atoms with van der Waals surface area (Å²) in [5.41, 5.74) is 2.27. The molecule has 2 aromatic rings. The van der Waals surface area contributed by atoms with E-state index in [1.54, 1.807) is 0 Å². The van der Waals surface area contributed by atoms with Crippen molar-refractivity contribution in [3.05, 3.63) is 40.5 Å². The summed E-state index contributed by atoms with van der Waals surface area (Å²) in [5.74, 6) is 0. The van der Waals surface area contributed by atoms with E-state index >= 15 is 0 Å². The summed E-state index contributed by atoms with van der Waals surface area (Å²) in [6, 6.07) is 6.55. The highest BCUT2D eigenvalue weighted by molar-refractivity contribution is 7.15. The predicted octanol–water partition coefficient (Wildman–Crippen LogP) is 5.63. The quantitative estimate of drug-likeness (QED) is 0.671. The van der Waals surface area contributed by atoms with Gasteiger partial charge in [0.15, 0.2) is 0 Å². The largest absolute Gasteiger partial charge is 0.314 e. The molecule has 0 amide bonds. The molecule has 0 spiro atoms. The Morgan fingerprint density at radius 3 is 2.09 bits per heavy atom. The van der Waals surface area contributed by atoms with Gasteiger partial charge in [0.05, 0.1) is 5.56 Å². The maximum absolute atomic E-state index is 9.69. The van der Waals surface area contributed by atoms with Crippen molar-refractivity contribution >= 4 is 11.3 Å². The Morgan fingerprint density at radius 1 is 0.864 bits per heavy atom. The van der Waals surface area contributed by atoms with Gasteiger partial charge in [0.1, 0.15) is 11.1 Å². The van der Waals surface area contributed by atoms with E-state index in [2.05, 4.69) is 10.6 Å². The van der Waals surface area contributed by atoms with Crippen LogP contribution in [0.5, 0.6) is 0 Å². The molecule has 3 rings (SSSR count). The molecule has 22 heavy (non-hydrogen) atoms. The van der Waals surface area contributed by atoms with Crippen LogP contribution in [0, 0.1) is 11.3 Å². The monoisotopic (exact) mass is 312 g/mol. The summed E-state index contributed by atoms with van der Waals surface area (Å²) in [7, 11) is 0. The average Bonchev–Trinajstić information content (AvgIpc) is 3.14. The van der Waals surface area contributed by atoms with Crippen molar-refractivity contribution in [3.8, 4) is 11.1 Å². The fourth-order valence-corrected chi connectivity index (χ4v) is 4.68. The molecule has 0 N–H and O–H groups in total. The SMILES string of the molecule is N#Cc1c(-n2cccc2)sc2c1CCCCCCCCCC2. The molecule has 2 aromatic heterocycles. The number of rotatable bonds is 1. The number of fused-ring (bicyclic) bond motifs is 1. The molecular formula is C19H24N2S. The van der Waals surface area contributed by atoms with Gasteiger partial charge >= 0.3 is 0 Å². The molecule has 2 heterocycles. The Labute approximate surface area is 137 Å². The van der Waals surface area contributed by atoms with Crippen LogP contribution in [0.15, 0.2) is 24.5 Å². The first kappa shape index (κ1) is 15.4. The molecule has 0 radical (unpaired) electrons. The zero-order valence-electron chi connectivity index (χ0n) is 13.2. The molecule has 1 aliphatic rings. The van der Waals surface area contributed by atoms with Crippen molar-refractivity contribution in [1.82, 2.24) is 4.57 Å². The highest BCUT2D eigenvalue weighted by Gasteiger charge is 2.18. The topological polar surface area (TPSA) is 28.7 Å². The van der Waals surface area contributed by atoms with Crippen LogP contribution in [0.4, 0.5) is 0 Å². The number of hydrogen-bond acceptors (Lipinski definition) is 2. The van der Waals surface area contributed by atoms with Gasteiger partial charge < -0.3 is 4.57 Å². The van der Waals surface area contributed by atoms with Gasteiger partial charge in [-0.1, -0.05) is 38.5 Å². The van der Waals surface area contributed by atoms with E-state index in [1.807, 2.05) is 35.9 Å². The van der Waals surface area contributed by atoms with E-state index in [0.717, 1.165) is 23.4 Å². The number of nitrogens with zero attached hydrogens (tertiary/aromatic N) is 2. The number of hydrogen-bond donors (Lipinski definition) is 0. The first-order valence-corrected chi connectivity index (χ1v) is 9.40. The highest BCUT2D eigenvalue weighted by atomic mass is 32.1. The summed E-state index contributed by atoms with van der Waals surface area (Å²) < 4.78 is 2.11. The fraction of sp³-hybridized carbons (Fsp3) is 0.526. The molecule has 116 valence electrons. The summed E-state index contributed by atoms with van der Waals surface area (Å²) in [6.45, 7) is 0. The van der Waals surface area contributed by atoms with Gasteiger partial charge in [-0.25, -0.2) is 0 Å². The zero-order valence-corrected chi connectivity index (χ0v) is 14.0. The molecule has 0 unspecified atom stereocenters. The first-order valence-electron chi connectivity index (χ1n) is 8.58. The van der Waals surface area contributed by atoms with Crippen LogP contribution < -0.4 is 0 Å². The molecule has 2 nitrogen and oxygen atoms in total. The Hall–Kier alpha value is -1.53. The van der Waals surface area contributed by atoms with Crippen LogP contribution in [0.1, 0.15) is 67.4 Å². The number of nitriles is 1. The summed E-state index contributed by atoms with van der Waals surface area (Å²) in [5, 5.41) is 10.8. The smallest absolute Gasteiger partial charge is 0.118 e. The summed E-state index contributed by atoms with van der Waals surface area (Å²) in [6.07, 6.45) is 17.0. The number of aromatic nitrogens is 1. The van der Waals surface area contributed by atoms with Crippen molar-refractivity contribution < 1.29 is 0 Å². The van der Waals surface area contributed by atoms with Crippen molar-refractivity contribution in [1.29, 1.82) is 5.26 Å². The van der Waals surface area contributed by atoms with Gasteiger partial charge in [0, 0.05) is 17.3 Å². The Kier molecular flexibility index (Phi) is 5.34. The molecule has 0 saturated heterocycles. The predicted molar refractivity (Wildman–Crippen MR) is 92.7 cm³/mol. The van der Waals surface area contributed by atoms with Crippen molar-refractivity contribution in [2.24, 2.45) is 0 Å². The Bertz CT molecular complexity index is 631. The van der Waals surface area contributed by atoms with Gasteiger partial charge in [0.25, 0.3) is 0 Å². The molecule has 0 aliphatic heterocycles. The van der Waals surface area contributed by atoms with Gasteiger partial charge in [-0.05, 0) is 43.4 Å².